The molecule has 164 valence electrons. The molecule has 9 heteroatoms. The van der Waals surface area contributed by atoms with Crippen LogP contribution < -0.4 is 9.47 Å². The average Bonchev–Trinajstić information content (AvgIpc) is 3.29. The van der Waals surface area contributed by atoms with Crippen LogP contribution in [0.4, 0.5) is 0 Å². The monoisotopic (exact) mass is 443 g/mol. The molecule has 1 aliphatic heterocycles. The number of piperidine rings is 1. The van der Waals surface area contributed by atoms with Crippen LogP contribution in [0, 0.1) is 0 Å². The second-order valence-electron chi connectivity index (χ2n) is 7.79. The first-order valence-corrected chi connectivity index (χ1v) is 11.5. The summed E-state index contributed by atoms with van der Waals surface area (Å²) in [5, 5.41) is 4.13. The summed E-state index contributed by atoms with van der Waals surface area (Å²) in [6.07, 6.45) is 1.47. The van der Waals surface area contributed by atoms with Crippen molar-refractivity contribution in [2.45, 2.75) is 36.7 Å². The summed E-state index contributed by atoms with van der Waals surface area (Å²) in [7, 11) is -2.09. The Hall–Kier alpha value is -2.91. The third kappa shape index (κ3) is 4.57. The van der Waals surface area contributed by atoms with Crippen molar-refractivity contribution in [3.63, 3.8) is 0 Å². The van der Waals surface area contributed by atoms with Crippen LogP contribution in [-0.4, -0.2) is 43.1 Å². The van der Waals surface area contributed by atoms with E-state index in [2.05, 4.69) is 10.1 Å². The summed E-state index contributed by atoms with van der Waals surface area (Å²) in [5.41, 5.74) is -0.549. The summed E-state index contributed by atoms with van der Waals surface area (Å²) in [5.74, 6) is 2.17. The van der Waals surface area contributed by atoms with Crippen molar-refractivity contribution in [2.24, 2.45) is 0 Å². The molecular formula is C22H25N3O5S. The maximum Gasteiger partial charge on any atom is 0.264 e. The molecule has 4 rings (SSSR count). The number of ether oxygens (including phenoxy) is 2. The van der Waals surface area contributed by atoms with Gasteiger partial charge < -0.3 is 14.0 Å². The van der Waals surface area contributed by atoms with Gasteiger partial charge in [0.2, 0.25) is 10.0 Å². The number of rotatable bonds is 7. The highest BCUT2D eigenvalue weighted by molar-refractivity contribution is 7.89. The number of benzene rings is 2. The maximum atomic E-state index is 13.2. The molecule has 2 aromatic carbocycles. The fourth-order valence-electron chi connectivity index (χ4n) is 3.70. The first-order valence-electron chi connectivity index (χ1n) is 10.1. The number of hydrogen-bond donors (Lipinski definition) is 0. The number of nitrogens with zero attached hydrogens (tertiary/aromatic N) is 3. The van der Waals surface area contributed by atoms with E-state index >= 15 is 0 Å². The standard InChI is InChI=1S/C22H25N3O5S/c1-22(21-23-20(30-24-21)15-29-18-7-4-3-5-8-18)13-6-14-25(16-22)31(26,27)19-11-9-17(28-2)10-12-19/h3-5,7-12H,6,13-16H2,1-2H3. The largest absolute Gasteiger partial charge is 0.497 e. The fourth-order valence-corrected chi connectivity index (χ4v) is 5.30. The molecule has 0 saturated carbocycles. The predicted molar refractivity (Wildman–Crippen MR) is 113 cm³/mol. The molecule has 0 bridgehead atoms. The lowest BCUT2D eigenvalue weighted by Crippen LogP contribution is -2.47. The normalized spacial score (nSPS) is 19.8. The van der Waals surface area contributed by atoms with E-state index in [1.807, 2.05) is 37.3 Å². The van der Waals surface area contributed by atoms with Crippen LogP contribution in [0.5, 0.6) is 11.5 Å². The van der Waals surface area contributed by atoms with Crippen molar-refractivity contribution in [3.05, 3.63) is 66.3 Å². The van der Waals surface area contributed by atoms with Crippen molar-refractivity contribution >= 4 is 10.0 Å². The molecule has 3 aromatic rings. The predicted octanol–water partition coefficient (Wildman–Crippen LogP) is 3.40. The van der Waals surface area contributed by atoms with Gasteiger partial charge in [0.1, 0.15) is 11.5 Å². The lowest BCUT2D eigenvalue weighted by atomic mass is 9.82. The van der Waals surface area contributed by atoms with Crippen LogP contribution in [0.2, 0.25) is 0 Å². The van der Waals surface area contributed by atoms with Gasteiger partial charge in [-0.2, -0.15) is 9.29 Å². The molecule has 0 radical (unpaired) electrons. The van der Waals surface area contributed by atoms with Crippen LogP contribution in [0.15, 0.2) is 64.0 Å². The Kier molecular flexibility index (Phi) is 5.97. The van der Waals surface area contributed by atoms with E-state index in [4.69, 9.17) is 14.0 Å². The van der Waals surface area contributed by atoms with Crippen LogP contribution in [0.25, 0.3) is 0 Å². The van der Waals surface area contributed by atoms with E-state index < -0.39 is 15.4 Å². The van der Waals surface area contributed by atoms with Crippen molar-refractivity contribution in [2.75, 3.05) is 20.2 Å². The quantitative estimate of drug-likeness (QED) is 0.552. The van der Waals surface area contributed by atoms with Crippen LogP contribution >= 0.6 is 0 Å². The second-order valence-corrected chi connectivity index (χ2v) is 9.73. The molecule has 1 fully saturated rings. The molecule has 31 heavy (non-hydrogen) atoms. The second kappa shape index (κ2) is 8.68. The van der Waals surface area contributed by atoms with Crippen molar-refractivity contribution in [1.82, 2.24) is 14.4 Å². The molecule has 1 saturated heterocycles. The van der Waals surface area contributed by atoms with E-state index in [9.17, 15) is 8.42 Å². The average molecular weight is 444 g/mol. The van der Waals surface area contributed by atoms with Crippen molar-refractivity contribution < 1.29 is 22.4 Å². The summed E-state index contributed by atoms with van der Waals surface area (Å²) < 4.78 is 44.0. The minimum absolute atomic E-state index is 0.154. The number of aromatic nitrogens is 2. The van der Waals surface area contributed by atoms with E-state index in [0.29, 0.717) is 36.2 Å². The molecule has 1 aliphatic rings. The first-order chi connectivity index (χ1) is 14.9. The van der Waals surface area contributed by atoms with Gasteiger partial charge in [0, 0.05) is 18.5 Å². The smallest absolute Gasteiger partial charge is 0.264 e. The summed E-state index contributed by atoms with van der Waals surface area (Å²) in [4.78, 5) is 4.73. The van der Waals surface area contributed by atoms with Gasteiger partial charge in [0.25, 0.3) is 5.89 Å². The maximum absolute atomic E-state index is 13.2. The number of methoxy groups -OCH3 is 1. The van der Waals surface area contributed by atoms with Crippen molar-refractivity contribution in [3.8, 4) is 11.5 Å². The van der Waals surface area contributed by atoms with Gasteiger partial charge in [-0.1, -0.05) is 30.3 Å². The molecule has 1 atom stereocenters. The first kappa shape index (κ1) is 21.3. The van der Waals surface area contributed by atoms with E-state index in [1.54, 1.807) is 31.4 Å². The van der Waals surface area contributed by atoms with E-state index in [-0.39, 0.29) is 18.0 Å². The molecule has 0 amide bonds. The SMILES string of the molecule is COc1ccc(S(=O)(=O)N2CCCC(C)(c3noc(COc4ccccc4)n3)C2)cc1. The zero-order valence-corrected chi connectivity index (χ0v) is 18.3. The van der Waals surface area contributed by atoms with Crippen LogP contribution in [0.3, 0.4) is 0 Å². The molecule has 0 N–H and O–H groups in total. The zero-order chi connectivity index (χ0) is 21.9. The lowest BCUT2D eigenvalue weighted by molar-refractivity contribution is 0.221. The topological polar surface area (TPSA) is 94.8 Å². The number of para-hydroxylation sites is 1. The molecular weight excluding hydrogens is 418 g/mol. The Morgan fingerprint density at radius 1 is 1.10 bits per heavy atom. The highest BCUT2D eigenvalue weighted by Gasteiger charge is 2.41. The highest BCUT2D eigenvalue weighted by Crippen LogP contribution is 2.34. The molecule has 8 nitrogen and oxygen atoms in total. The number of sulfonamides is 1. The summed E-state index contributed by atoms with van der Waals surface area (Å²) in [6.45, 7) is 2.85. The summed E-state index contributed by atoms with van der Waals surface area (Å²) in [6, 6.07) is 15.8. The van der Waals surface area contributed by atoms with Gasteiger partial charge >= 0.3 is 0 Å². The van der Waals surface area contributed by atoms with Gasteiger partial charge in [-0.15, -0.1) is 0 Å². The number of hydrogen-bond acceptors (Lipinski definition) is 7. The van der Waals surface area contributed by atoms with E-state index in [1.165, 1.54) is 4.31 Å². The molecule has 1 aromatic heterocycles. The molecule has 0 aliphatic carbocycles. The van der Waals surface area contributed by atoms with Gasteiger partial charge in [0.15, 0.2) is 12.4 Å². The minimum atomic E-state index is -3.64. The van der Waals surface area contributed by atoms with Gasteiger partial charge in [-0.25, -0.2) is 8.42 Å². The fraction of sp³-hybridized carbons (Fsp3) is 0.364. The van der Waals surface area contributed by atoms with Crippen molar-refractivity contribution in [1.29, 1.82) is 0 Å². The Bertz CT molecular complexity index is 1120. The zero-order valence-electron chi connectivity index (χ0n) is 17.5. The molecule has 0 spiro atoms. The summed E-state index contributed by atoms with van der Waals surface area (Å²) >= 11 is 0. The third-order valence-electron chi connectivity index (χ3n) is 5.47. The Balaban J connectivity index is 1.48. The van der Waals surface area contributed by atoms with E-state index in [0.717, 1.165) is 6.42 Å². The Morgan fingerprint density at radius 2 is 1.84 bits per heavy atom. The highest BCUT2D eigenvalue weighted by atomic mass is 32.2. The van der Waals surface area contributed by atoms with Gasteiger partial charge in [-0.3, -0.25) is 0 Å². The third-order valence-corrected chi connectivity index (χ3v) is 7.33. The van der Waals surface area contributed by atoms with Crippen LogP contribution in [0.1, 0.15) is 31.5 Å². The minimum Gasteiger partial charge on any atom is -0.497 e. The van der Waals surface area contributed by atoms with Gasteiger partial charge in [0.05, 0.1) is 12.0 Å². The van der Waals surface area contributed by atoms with Crippen LogP contribution in [-0.2, 0) is 22.0 Å². The molecule has 1 unspecified atom stereocenters. The van der Waals surface area contributed by atoms with Gasteiger partial charge in [-0.05, 0) is 49.2 Å². The Morgan fingerprint density at radius 3 is 2.55 bits per heavy atom. The molecule has 2 heterocycles. The Labute approximate surface area is 181 Å². The lowest BCUT2D eigenvalue weighted by Gasteiger charge is -2.37.